The summed E-state index contributed by atoms with van der Waals surface area (Å²) in [6, 6.07) is 23.1. The number of ether oxygens (including phenoxy) is 1. The van der Waals surface area contributed by atoms with Gasteiger partial charge in [0.1, 0.15) is 5.82 Å². The Morgan fingerprint density at radius 1 is 1.00 bits per heavy atom. The third kappa shape index (κ3) is 5.81. The highest BCUT2D eigenvalue weighted by molar-refractivity contribution is 6.01. The zero-order chi connectivity index (χ0) is 28.9. The van der Waals surface area contributed by atoms with Crippen molar-refractivity contribution in [1.82, 2.24) is 9.88 Å². The first-order chi connectivity index (χ1) is 19.9. The van der Waals surface area contributed by atoms with Crippen molar-refractivity contribution < 1.29 is 13.9 Å². The van der Waals surface area contributed by atoms with Crippen molar-refractivity contribution in [3.05, 3.63) is 102 Å². The second kappa shape index (κ2) is 12.5. The van der Waals surface area contributed by atoms with Crippen LogP contribution in [0.4, 0.5) is 10.1 Å². The van der Waals surface area contributed by atoms with Gasteiger partial charge in [0, 0.05) is 60.8 Å². The lowest BCUT2D eigenvalue weighted by Crippen LogP contribution is -2.55. The van der Waals surface area contributed by atoms with Gasteiger partial charge in [0.2, 0.25) is 5.88 Å². The van der Waals surface area contributed by atoms with Gasteiger partial charge < -0.3 is 20.3 Å². The number of nitrogens with zero attached hydrogens (tertiary/aromatic N) is 3. The Morgan fingerprint density at radius 3 is 2.51 bits per heavy atom. The summed E-state index contributed by atoms with van der Waals surface area (Å²) in [6.45, 7) is 8.67. The summed E-state index contributed by atoms with van der Waals surface area (Å²) in [5, 5.41) is 0. The van der Waals surface area contributed by atoms with Crippen molar-refractivity contribution >= 4 is 11.6 Å². The molecule has 4 aromatic rings. The van der Waals surface area contributed by atoms with Gasteiger partial charge >= 0.3 is 0 Å². The maximum absolute atomic E-state index is 14.8. The molecule has 1 fully saturated rings. The predicted octanol–water partition coefficient (Wildman–Crippen LogP) is 6.46. The van der Waals surface area contributed by atoms with E-state index in [9.17, 15) is 9.18 Å². The van der Waals surface area contributed by atoms with Crippen LogP contribution in [0.3, 0.4) is 0 Å². The molecule has 1 saturated heterocycles. The molecule has 1 aliphatic rings. The lowest BCUT2D eigenvalue weighted by molar-refractivity contribution is 0.0721. The van der Waals surface area contributed by atoms with E-state index in [1.54, 1.807) is 12.3 Å². The predicted molar refractivity (Wildman–Crippen MR) is 163 cm³/mol. The number of carbonyl (C=O) groups excluding carboxylic acids is 1. The Hall–Kier alpha value is -4.23. The van der Waals surface area contributed by atoms with E-state index in [0.717, 1.165) is 34.4 Å². The molecular formula is C34H37FN4O2. The van der Waals surface area contributed by atoms with Crippen molar-refractivity contribution in [3.63, 3.8) is 0 Å². The number of halogens is 1. The van der Waals surface area contributed by atoms with Crippen LogP contribution in [0, 0.1) is 12.7 Å². The quantitative estimate of drug-likeness (QED) is 0.272. The number of hydrogen-bond donors (Lipinski definition) is 1. The van der Waals surface area contributed by atoms with Gasteiger partial charge in [0.25, 0.3) is 5.91 Å². The van der Waals surface area contributed by atoms with Crippen LogP contribution in [0.25, 0.3) is 22.3 Å². The second-order valence-corrected chi connectivity index (χ2v) is 10.4. The summed E-state index contributed by atoms with van der Waals surface area (Å²) >= 11 is 0. The Morgan fingerprint density at radius 2 is 1.80 bits per heavy atom. The van der Waals surface area contributed by atoms with Crippen LogP contribution < -0.4 is 15.4 Å². The van der Waals surface area contributed by atoms with Crippen LogP contribution in [-0.4, -0.2) is 48.1 Å². The zero-order valence-corrected chi connectivity index (χ0v) is 23.9. The molecule has 1 amide bonds. The number of hydrogen-bond acceptors (Lipinski definition) is 5. The van der Waals surface area contributed by atoms with Gasteiger partial charge in [-0.3, -0.25) is 4.79 Å². The summed E-state index contributed by atoms with van der Waals surface area (Å²) in [5.74, 6) is 0.149. The van der Waals surface area contributed by atoms with E-state index in [4.69, 9.17) is 10.5 Å². The van der Waals surface area contributed by atoms with Gasteiger partial charge in [-0.2, -0.15) is 0 Å². The van der Waals surface area contributed by atoms with Crippen LogP contribution in [0.1, 0.15) is 41.8 Å². The normalized spacial score (nSPS) is 15.2. The third-order valence-corrected chi connectivity index (χ3v) is 7.83. The van der Waals surface area contributed by atoms with E-state index in [-0.39, 0.29) is 18.5 Å². The van der Waals surface area contributed by atoms with Crippen LogP contribution in [0.15, 0.2) is 79.0 Å². The molecule has 0 saturated carbocycles. The molecule has 0 aliphatic carbocycles. The molecule has 1 aliphatic heterocycles. The molecule has 41 heavy (non-hydrogen) atoms. The number of pyridine rings is 1. The van der Waals surface area contributed by atoms with Crippen molar-refractivity contribution in [2.45, 2.75) is 39.8 Å². The first-order valence-corrected chi connectivity index (χ1v) is 14.3. The summed E-state index contributed by atoms with van der Waals surface area (Å²) in [5.41, 5.74) is 12.4. The highest BCUT2D eigenvalue weighted by atomic mass is 19.1. The number of benzene rings is 3. The highest BCUT2D eigenvalue weighted by Gasteiger charge is 2.31. The number of nitrogens with two attached hydrogens (primary N) is 1. The largest absolute Gasteiger partial charge is 0.478 e. The average Bonchev–Trinajstić information content (AvgIpc) is 3.01. The monoisotopic (exact) mass is 552 g/mol. The molecule has 7 heteroatoms. The molecule has 0 bridgehead atoms. The Balaban J connectivity index is 1.40. The Kier molecular flexibility index (Phi) is 8.64. The van der Waals surface area contributed by atoms with Gasteiger partial charge in [-0.05, 0) is 78.9 Å². The Bertz CT molecular complexity index is 1520. The molecule has 2 N–H and O–H groups in total. The number of aryl methyl sites for hydroxylation is 1. The lowest BCUT2D eigenvalue weighted by atomic mass is 9.95. The van der Waals surface area contributed by atoms with Crippen LogP contribution in [0.2, 0.25) is 0 Å². The smallest absolute Gasteiger partial charge is 0.254 e. The molecule has 6 nitrogen and oxygen atoms in total. The summed E-state index contributed by atoms with van der Waals surface area (Å²) in [6.07, 6.45) is 2.62. The van der Waals surface area contributed by atoms with E-state index in [2.05, 4.69) is 41.9 Å². The number of piperazine rings is 1. The molecule has 2 heterocycles. The van der Waals surface area contributed by atoms with E-state index in [1.165, 1.54) is 6.07 Å². The van der Waals surface area contributed by atoms with Gasteiger partial charge in [-0.25, -0.2) is 9.37 Å². The van der Waals surface area contributed by atoms with Gasteiger partial charge in [-0.1, -0.05) is 43.3 Å². The van der Waals surface area contributed by atoms with E-state index >= 15 is 0 Å². The first-order valence-electron chi connectivity index (χ1n) is 14.3. The molecule has 0 unspecified atom stereocenters. The van der Waals surface area contributed by atoms with E-state index in [1.807, 2.05) is 54.3 Å². The minimum atomic E-state index is -0.391. The standard InChI is InChI=1S/C34H37FN4O2/c1-4-27-22-38(34(40)30-19-26(21-36)31(35)20-29(30)24-10-7-6-8-11-24)16-17-39(27)32-14-13-25(18-23(32)3)28-12-9-15-37-33(28)41-5-2/h6-15,18-20,27H,4-5,16-17,21-22,36H2,1-3H3/t27-/m1/s1. The molecule has 5 rings (SSSR count). The van der Waals surface area contributed by atoms with Crippen molar-refractivity contribution in [3.8, 4) is 28.1 Å². The maximum atomic E-state index is 14.8. The summed E-state index contributed by atoms with van der Waals surface area (Å²) < 4.78 is 20.5. The van der Waals surface area contributed by atoms with Gasteiger partial charge in [-0.15, -0.1) is 0 Å². The topological polar surface area (TPSA) is 71.7 Å². The average molecular weight is 553 g/mol. The first kappa shape index (κ1) is 28.3. The fourth-order valence-corrected chi connectivity index (χ4v) is 5.69. The number of aromatic nitrogens is 1. The fourth-order valence-electron chi connectivity index (χ4n) is 5.69. The maximum Gasteiger partial charge on any atom is 0.254 e. The number of amides is 1. The molecule has 1 atom stereocenters. The number of anilines is 1. The number of rotatable bonds is 8. The molecular weight excluding hydrogens is 515 g/mol. The van der Waals surface area contributed by atoms with Gasteiger partial charge in [0.15, 0.2) is 0 Å². The van der Waals surface area contributed by atoms with Crippen molar-refractivity contribution in [2.75, 3.05) is 31.1 Å². The molecule has 0 spiro atoms. The molecule has 212 valence electrons. The van der Waals surface area contributed by atoms with Crippen LogP contribution >= 0.6 is 0 Å². The zero-order valence-electron chi connectivity index (χ0n) is 23.9. The third-order valence-electron chi connectivity index (χ3n) is 7.83. The second-order valence-electron chi connectivity index (χ2n) is 10.4. The highest BCUT2D eigenvalue weighted by Crippen LogP contribution is 2.34. The molecule has 3 aromatic carbocycles. The van der Waals surface area contributed by atoms with Crippen molar-refractivity contribution in [1.29, 1.82) is 0 Å². The fraction of sp³-hybridized carbons (Fsp3) is 0.294. The lowest BCUT2D eigenvalue weighted by Gasteiger charge is -2.43. The van der Waals surface area contributed by atoms with Crippen LogP contribution in [0.5, 0.6) is 5.88 Å². The SMILES string of the molecule is CCOc1ncccc1-c1ccc(N2CCN(C(=O)c3cc(CN)c(F)cc3-c3ccccc3)C[C@H]2CC)c(C)c1. The molecule has 0 radical (unpaired) electrons. The number of carbonyl (C=O) groups is 1. The Labute approximate surface area is 241 Å². The summed E-state index contributed by atoms with van der Waals surface area (Å²) in [7, 11) is 0. The molecule has 1 aromatic heterocycles. The van der Waals surface area contributed by atoms with Crippen LogP contribution in [-0.2, 0) is 6.54 Å². The minimum absolute atomic E-state index is 0.0346. The van der Waals surface area contributed by atoms with Crippen molar-refractivity contribution in [2.24, 2.45) is 5.73 Å². The summed E-state index contributed by atoms with van der Waals surface area (Å²) in [4.78, 5) is 22.7. The minimum Gasteiger partial charge on any atom is -0.478 e. The van der Waals surface area contributed by atoms with E-state index in [0.29, 0.717) is 48.8 Å². The van der Waals surface area contributed by atoms with Gasteiger partial charge in [0.05, 0.1) is 6.61 Å². The van der Waals surface area contributed by atoms with E-state index < -0.39 is 5.82 Å².